The second kappa shape index (κ2) is 8.15. The lowest BCUT2D eigenvalue weighted by Crippen LogP contribution is -2.56. The van der Waals surface area contributed by atoms with Crippen molar-refractivity contribution in [2.24, 2.45) is 5.73 Å². The lowest BCUT2D eigenvalue weighted by atomic mass is 9.85. The van der Waals surface area contributed by atoms with Crippen LogP contribution in [0.5, 0.6) is 0 Å². The average Bonchev–Trinajstić information content (AvgIpc) is 2.79. The first-order chi connectivity index (χ1) is 10.2. The second-order valence-electron chi connectivity index (χ2n) is 5.73. The fraction of sp³-hybridized carbons (Fsp3) is 0.533. The number of benzene rings is 1. The van der Waals surface area contributed by atoms with E-state index in [4.69, 9.17) is 5.73 Å². The van der Waals surface area contributed by atoms with E-state index in [0.29, 0.717) is 13.2 Å². The Kier molecular flexibility index (Phi) is 7.07. The lowest BCUT2D eigenvalue weighted by molar-refractivity contribution is -0.125. The van der Waals surface area contributed by atoms with Crippen LogP contribution in [-0.4, -0.2) is 49.2 Å². The molecule has 1 amide bonds. The topological polar surface area (TPSA) is 61.6 Å². The van der Waals surface area contributed by atoms with Crippen LogP contribution in [0.3, 0.4) is 0 Å². The molecule has 23 heavy (non-hydrogen) atoms. The van der Waals surface area contributed by atoms with Crippen LogP contribution in [0.2, 0.25) is 0 Å². The zero-order valence-electron chi connectivity index (χ0n) is 12.8. The van der Waals surface area contributed by atoms with Crippen LogP contribution in [0, 0.1) is 5.82 Å². The number of nitrogens with one attached hydrogen (secondary N) is 1. The van der Waals surface area contributed by atoms with E-state index in [-0.39, 0.29) is 36.5 Å². The molecule has 1 aromatic rings. The predicted octanol–water partition coefficient (Wildman–Crippen LogP) is 1.36. The van der Waals surface area contributed by atoms with Gasteiger partial charge in [-0.2, -0.15) is 0 Å². The first-order valence-electron chi connectivity index (χ1n) is 7.40. The Morgan fingerprint density at radius 3 is 2.57 bits per heavy atom. The van der Waals surface area contributed by atoms with Crippen LogP contribution in [-0.2, 0) is 4.79 Å². The Morgan fingerprint density at radius 2 is 1.96 bits per heavy atom. The molecule has 0 radical (unpaired) electrons. The van der Waals surface area contributed by atoms with Gasteiger partial charge in [0.25, 0.3) is 0 Å². The van der Waals surface area contributed by atoms with Gasteiger partial charge in [-0.3, -0.25) is 4.79 Å². The first-order valence-corrected chi connectivity index (χ1v) is 7.40. The molecule has 0 aromatic heterocycles. The standard InChI is InChI=1S/C15H21FN4O.2ClH/c16-12-2-1-3-13(10-12)20-11-18-14(21)15(20)4-7-19(8-5-15)9-6-17;;/h1-3,10H,4-9,11,17H2,(H,18,21);2*1H. The molecule has 0 bridgehead atoms. The highest BCUT2D eigenvalue weighted by molar-refractivity contribution is 5.93. The van der Waals surface area contributed by atoms with Crippen molar-refractivity contribution in [2.75, 3.05) is 37.7 Å². The molecule has 0 aliphatic carbocycles. The molecule has 1 aromatic carbocycles. The highest BCUT2D eigenvalue weighted by atomic mass is 35.5. The normalized spacial score (nSPS) is 19.9. The number of halogens is 3. The van der Waals surface area contributed by atoms with Crippen LogP contribution in [0.25, 0.3) is 0 Å². The number of likely N-dealkylation sites (tertiary alicyclic amines) is 1. The monoisotopic (exact) mass is 364 g/mol. The second-order valence-corrected chi connectivity index (χ2v) is 5.73. The highest BCUT2D eigenvalue weighted by Gasteiger charge is 2.50. The summed E-state index contributed by atoms with van der Waals surface area (Å²) < 4.78 is 13.5. The molecular weight excluding hydrogens is 342 g/mol. The van der Waals surface area contributed by atoms with Gasteiger partial charge in [0.05, 0.1) is 6.67 Å². The number of hydrogen-bond acceptors (Lipinski definition) is 4. The zero-order chi connectivity index (χ0) is 14.9. The summed E-state index contributed by atoms with van der Waals surface area (Å²) in [5, 5.41) is 2.92. The number of hydrogen-bond donors (Lipinski definition) is 2. The summed E-state index contributed by atoms with van der Waals surface area (Å²) in [6.07, 6.45) is 1.49. The van der Waals surface area contributed by atoms with Gasteiger partial charge < -0.3 is 20.9 Å². The van der Waals surface area contributed by atoms with E-state index in [1.165, 1.54) is 12.1 Å². The van der Waals surface area contributed by atoms with Crippen molar-refractivity contribution in [3.63, 3.8) is 0 Å². The van der Waals surface area contributed by atoms with Crippen LogP contribution in [0.15, 0.2) is 24.3 Å². The summed E-state index contributed by atoms with van der Waals surface area (Å²) in [5.74, 6) is -0.221. The highest BCUT2D eigenvalue weighted by Crippen LogP contribution is 2.36. The van der Waals surface area contributed by atoms with E-state index in [9.17, 15) is 9.18 Å². The molecule has 2 saturated heterocycles. The zero-order valence-corrected chi connectivity index (χ0v) is 14.5. The van der Waals surface area contributed by atoms with Crippen molar-refractivity contribution in [3.05, 3.63) is 30.1 Å². The third-order valence-corrected chi connectivity index (χ3v) is 4.59. The molecule has 0 unspecified atom stereocenters. The molecule has 2 aliphatic rings. The SMILES string of the molecule is Cl.Cl.NCCN1CCC2(CC1)C(=O)NCN2c1cccc(F)c1. The van der Waals surface area contributed by atoms with Crippen LogP contribution in [0.1, 0.15) is 12.8 Å². The fourth-order valence-electron chi connectivity index (χ4n) is 3.40. The lowest BCUT2D eigenvalue weighted by Gasteiger charge is -2.43. The van der Waals surface area contributed by atoms with Gasteiger partial charge in [-0.25, -0.2) is 4.39 Å². The molecule has 2 aliphatic heterocycles. The molecular formula is C15H23Cl2FN4O. The van der Waals surface area contributed by atoms with Crippen molar-refractivity contribution >= 4 is 36.4 Å². The molecule has 1 spiro atoms. The summed E-state index contributed by atoms with van der Waals surface area (Å²) >= 11 is 0. The van der Waals surface area contributed by atoms with Crippen molar-refractivity contribution < 1.29 is 9.18 Å². The van der Waals surface area contributed by atoms with E-state index < -0.39 is 5.54 Å². The molecule has 2 heterocycles. The average molecular weight is 365 g/mol. The van der Waals surface area contributed by atoms with Crippen LogP contribution < -0.4 is 16.0 Å². The van der Waals surface area contributed by atoms with Gasteiger partial charge in [0.15, 0.2) is 0 Å². The van der Waals surface area contributed by atoms with Gasteiger partial charge in [-0.1, -0.05) is 6.07 Å². The number of nitrogens with zero attached hydrogens (tertiary/aromatic N) is 2. The van der Waals surface area contributed by atoms with Gasteiger partial charge in [0.2, 0.25) is 5.91 Å². The van der Waals surface area contributed by atoms with E-state index in [2.05, 4.69) is 10.2 Å². The fourth-order valence-corrected chi connectivity index (χ4v) is 3.40. The van der Waals surface area contributed by atoms with Crippen molar-refractivity contribution in [2.45, 2.75) is 18.4 Å². The molecule has 5 nitrogen and oxygen atoms in total. The summed E-state index contributed by atoms with van der Waals surface area (Å²) in [6.45, 7) is 3.62. The molecule has 3 rings (SSSR count). The summed E-state index contributed by atoms with van der Waals surface area (Å²) in [6, 6.07) is 6.46. The van der Waals surface area contributed by atoms with Crippen LogP contribution >= 0.6 is 24.8 Å². The maximum atomic E-state index is 13.5. The van der Waals surface area contributed by atoms with Gasteiger partial charge in [-0.15, -0.1) is 24.8 Å². The third kappa shape index (κ3) is 3.71. The van der Waals surface area contributed by atoms with Crippen molar-refractivity contribution in [1.82, 2.24) is 10.2 Å². The Labute approximate surface area is 148 Å². The molecule has 3 N–H and O–H groups in total. The number of carbonyl (C=O) groups excluding carboxylic acids is 1. The molecule has 130 valence electrons. The minimum Gasteiger partial charge on any atom is -0.339 e. The number of piperidine rings is 1. The number of anilines is 1. The number of amides is 1. The van der Waals surface area contributed by atoms with Crippen LogP contribution in [0.4, 0.5) is 10.1 Å². The van der Waals surface area contributed by atoms with Crippen molar-refractivity contribution in [3.8, 4) is 0 Å². The molecule has 0 atom stereocenters. The first kappa shape index (κ1) is 20.0. The predicted molar refractivity (Wildman–Crippen MR) is 93.8 cm³/mol. The maximum absolute atomic E-state index is 13.5. The van der Waals surface area contributed by atoms with Gasteiger partial charge in [0, 0.05) is 31.9 Å². The molecule has 0 saturated carbocycles. The third-order valence-electron chi connectivity index (χ3n) is 4.59. The van der Waals surface area contributed by atoms with Gasteiger partial charge in [0.1, 0.15) is 11.4 Å². The van der Waals surface area contributed by atoms with Crippen molar-refractivity contribution in [1.29, 1.82) is 0 Å². The van der Waals surface area contributed by atoms with E-state index in [1.54, 1.807) is 6.07 Å². The number of nitrogens with two attached hydrogens (primary N) is 1. The summed E-state index contributed by atoms with van der Waals surface area (Å²) in [5.41, 5.74) is 5.82. The van der Waals surface area contributed by atoms with E-state index >= 15 is 0 Å². The largest absolute Gasteiger partial charge is 0.339 e. The number of carbonyl (C=O) groups is 1. The maximum Gasteiger partial charge on any atom is 0.247 e. The molecule has 8 heteroatoms. The Morgan fingerprint density at radius 1 is 1.26 bits per heavy atom. The quantitative estimate of drug-likeness (QED) is 0.849. The Balaban J connectivity index is 0.00000132. The van der Waals surface area contributed by atoms with Gasteiger partial charge in [-0.05, 0) is 31.0 Å². The minimum absolute atomic E-state index is 0. The minimum atomic E-state index is -0.543. The molecule has 2 fully saturated rings. The summed E-state index contributed by atoms with van der Waals surface area (Å²) in [7, 11) is 0. The smallest absolute Gasteiger partial charge is 0.247 e. The Hall–Kier alpha value is -1.08. The van der Waals surface area contributed by atoms with Gasteiger partial charge >= 0.3 is 0 Å². The van der Waals surface area contributed by atoms with E-state index in [1.807, 2.05) is 11.0 Å². The summed E-state index contributed by atoms with van der Waals surface area (Å²) in [4.78, 5) is 16.7. The van der Waals surface area contributed by atoms with E-state index in [0.717, 1.165) is 38.2 Å². The Bertz CT molecular complexity index is 538. The number of rotatable bonds is 3.